The molecule has 8 heavy (non-hydrogen) atoms. The molecule has 0 atom stereocenters. The Balaban J connectivity index is 3.92. The third kappa shape index (κ3) is 1.78. The van der Waals surface area contributed by atoms with Gasteiger partial charge in [0.05, 0.1) is 5.71 Å². The summed E-state index contributed by atoms with van der Waals surface area (Å²) in [6.45, 7) is 7.34. The van der Waals surface area contributed by atoms with Crippen LogP contribution in [-0.2, 0) is 0 Å². The average Bonchev–Trinajstić information content (AvgIpc) is 1.69. The number of hydrogen-bond acceptors (Lipinski definition) is 2. The van der Waals surface area contributed by atoms with Crippen molar-refractivity contribution in [3.8, 4) is 0 Å². The number of rotatable bonds is 2. The second-order valence-corrected chi connectivity index (χ2v) is 1.68. The van der Waals surface area contributed by atoms with Gasteiger partial charge in [0.25, 0.3) is 0 Å². The van der Waals surface area contributed by atoms with E-state index in [2.05, 4.69) is 11.7 Å². The van der Waals surface area contributed by atoms with E-state index >= 15 is 0 Å². The Hall–Kier alpha value is -0.790. The summed E-state index contributed by atoms with van der Waals surface area (Å²) in [6.07, 6.45) is 0.742. The summed E-state index contributed by atoms with van der Waals surface area (Å²) in [5.41, 5.74) is 1.50. The molecule has 0 radical (unpaired) electrons. The molecule has 2 heteroatoms. The fourth-order valence-corrected chi connectivity index (χ4v) is 0.458. The van der Waals surface area contributed by atoms with Crippen LogP contribution in [0.3, 0.4) is 0 Å². The first-order chi connectivity index (χ1) is 3.72. The van der Waals surface area contributed by atoms with Gasteiger partial charge in [0.2, 0.25) is 0 Å². The molecule has 0 spiro atoms. The van der Waals surface area contributed by atoms with Crippen LogP contribution in [-0.4, -0.2) is 10.9 Å². The molecule has 0 bridgehead atoms. The van der Waals surface area contributed by atoms with Crippen LogP contribution in [0.2, 0.25) is 0 Å². The lowest BCUT2D eigenvalue weighted by Crippen LogP contribution is -1.95. The molecular formula is C6H11NO. The predicted octanol–water partition coefficient (Wildman–Crippen LogP) is 1.80. The van der Waals surface area contributed by atoms with Gasteiger partial charge >= 0.3 is 0 Å². The van der Waals surface area contributed by atoms with Gasteiger partial charge in [-0.25, -0.2) is 0 Å². The van der Waals surface area contributed by atoms with Gasteiger partial charge in [-0.05, 0) is 18.9 Å². The molecule has 0 aromatic rings. The SMILES string of the molecule is C=C(C)/C(CC)=N/O. The monoisotopic (exact) mass is 113 g/mol. The molecule has 0 amide bonds. The fourth-order valence-electron chi connectivity index (χ4n) is 0.458. The molecule has 0 saturated carbocycles. The summed E-state index contributed by atoms with van der Waals surface area (Å²) in [5.74, 6) is 0. The number of hydrogen-bond donors (Lipinski definition) is 1. The van der Waals surface area contributed by atoms with Gasteiger partial charge in [0.1, 0.15) is 0 Å². The van der Waals surface area contributed by atoms with Crippen LogP contribution in [0.4, 0.5) is 0 Å². The Labute approximate surface area is 49.5 Å². The second kappa shape index (κ2) is 3.24. The third-order valence-electron chi connectivity index (χ3n) is 0.948. The second-order valence-electron chi connectivity index (χ2n) is 1.68. The van der Waals surface area contributed by atoms with Crippen molar-refractivity contribution in [2.45, 2.75) is 20.3 Å². The van der Waals surface area contributed by atoms with Crippen molar-refractivity contribution < 1.29 is 5.21 Å². The molecule has 0 fully saturated rings. The first kappa shape index (κ1) is 7.21. The lowest BCUT2D eigenvalue weighted by Gasteiger charge is -1.94. The van der Waals surface area contributed by atoms with Crippen LogP contribution in [0.15, 0.2) is 17.3 Å². The van der Waals surface area contributed by atoms with Gasteiger partial charge in [-0.15, -0.1) is 0 Å². The van der Waals surface area contributed by atoms with Gasteiger partial charge < -0.3 is 5.21 Å². The number of oxime groups is 1. The Morgan fingerprint density at radius 3 is 2.25 bits per heavy atom. The van der Waals surface area contributed by atoms with E-state index in [1.807, 2.05) is 13.8 Å². The van der Waals surface area contributed by atoms with Crippen molar-refractivity contribution in [3.05, 3.63) is 12.2 Å². The Morgan fingerprint density at radius 2 is 2.25 bits per heavy atom. The molecule has 0 aliphatic carbocycles. The van der Waals surface area contributed by atoms with E-state index in [-0.39, 0.29) is 0 Å². The molecule has 0 heterocycles. The van der Waals surface area contributed by atoms with Gasteiger partial charge in [0, 0.05) is 0 Å². The summed E-state index contributed by atoms with van der Waals surface area (Å²) in [4.78, 5) is 0. The molecule has 0 aromatic heterocycles. The van der Waals surface area contributed by atoms with E-state index < -0.39 is 0 Å². The van der Waals surface area contributed by atoms with Crippen LogP contribution in [0, 0.1) is 0 Å². The van der Waals surface area contributed by atoms with Crippen LogP contribution in [0.25, 0.3) is 0 Å². The lowest BCUT2D eigenvalue weighted by molar-refractivity contribution is 0.318. The first-order valence-corrected chi connectivity index (χ1v) is 2.59. The largest absolute Gasteiger partial charge is 0.411 e. The van der Waals surface area contributed by atoms with Crippen molar-refractivity contribution in [1.82, 2.24) is 0 Å². The zero-order chi connectivity index (χ0) is 6.57. The van der Waals surface area contributed by atoms with Gasteiger partial charge in [-0.1, -0.05) is 18.7 Å². The maximum Gasteiger partial charge on any atom is 0.0816 e. The van der Waals surface area contributed by atoms with Gasteiger partial charge in [-0.3, -0.25) is 0 Å². The van der Waals surface area contributed by atoms with E-state index in [4.69, 9.17) is 5.21 Å². The molecule has 46 valence electrons. The van der Waals surface area contributed by atoms with Crippen molar-refractivity contribution in [3.63, 3.8) is 0 Å². The molecule has 0 unspecified atom stereocenters. The maximum absolute atomic E-state index is 8.22. The van der Waals surface area contributed by atoms with E-state index in [0.717, 1.165) is 12.0 Å². The molecular weight excluding hydrogens is 102 g/mol. The van der Waals surface area contributed by atoms with Gasteiger partial charge in [0.15, 0.2) is 0 Å². The highest BCUT2D eigenvalue weighted by Crippen LogP contribution is 1.95. The van der Waals surface area contributed by atoms with Crippen molar-refractivity contribution in [2.24, 2.45) is 5.16 Å². The van der Waals surface area contributed by atoms with E-state index in [1.165, 1.54) is 0 Å². The average molecular weight is 113 g/mol. The van der Waals surface area contributed by atoms with Crippen molar-refractivity contribution in [1.29, 1.82) is 0 Å². The highest BCUT2D eigenvalue weighted by molar-refractivity contribution is 5.98. The molecule has 0 aliphatic rings. The first-order valence-electron chi connectivity index (χ1n) is 2.59. The fraction of sp³-hybridized carbons (Fsp3) is 0.500. The Bertz CT molecular complexity index is 116. The van der Waals surface area contributed by atoms with Gasteiger partial charge in [-0.2, -0.15) is 0 Å². The standard InChI is InChI=1S/C6H11NO/c1-4-6(7-8)5(2)3/h8H,2,4H2,1,3H3/b7-6+. The highest BCUT2D eigenvalue weighted by Gasteiger charge is 1.93. The molecule has 0 aliphatic heterocycles. The number of nitrogens with zero attached hydrogens (tertiary/aromatic N) is 1. The zero-order valence-electron chi connectivity index (χ0n) is 5.31. The topological polar surface area (TPSA) is 32.6 Å². The van der Waals surface area contributed by atoms with E-state index in [9.17, 15) is 0 Å². The van der Waals surface area contributed by atoms with Crippen LogP contribution in [0.1, 0.15) is 20.3 Å². The molecule has 0 saturated heterocycles. The van der Waals surface area contributed by atoms with Crippen LogP contribution >= 0.6 is 0 Å². The summed E-state index contributed by atoms with van der Waals surface area (Å²) >= 11 is 0. The lowest BCUT2D eigenvalue weighted by atomic mass is 10.2. The minimum absolute atomic E-state index is 0.671. The molecule has 2 nitrogen and oxygen atoms in total. The van der Waals surface area contributed by atoms with Crippen LogP contribution < -0.4 is 0 Å². The Kier molecular flexibility index (Phi) is 2.92. The molecule has 1 N–H and O–H groups in total. The smallest absolute Gasteiger partial charge is 0.0816 e. The molecule has 0 aromatic carbocycles. The summed E-state index contributed by atoms with van der Waals surface area (Å²) in [7, 11) is 0. The van der Waals surface area contributed by atoms with E-state index in [1.54, 1.807) is 0 Å². The normalized spacial score (nSPS) is 11.5. The summed E-state index contributed by atoms with van der Waals surface area (Å²) < 4.78 is 0. The predicted molar refractivity (Wildman–Crippen MR) is 34.3 cm³/mol. The minimum atomic E-state index is 0.671. The van der Waals surface area contributed by atoms with Crippen molar-refractivity contribution in [2.75, 3.05) is 0 Å². The quantitative estimate of drug-likeness (QED) is 0.330. The van der Waals surface area contributed by atoms with E-state index in [0.29, 0.717) is 5.71 Å². The third-order valence-corrected chi connectivity index (χ3v) is 0.948. The summed E-state index contributed by atoms with van der Waals surface area (Å²) in [5, 5.41) is 11.2. The van der Waals surface area contributed by atoms with Crippen LogP contribution in [0.5, 0.6) is 0 Å². The highest BCUT2D eigenvalue weighted by atomic mass is 16.4. The maximum atomic E-state index is 8.22. The molecule has 0 rings (SSSR count). The summed E-state index contributed by atoms with van der Waals surface area (Å²) in [6, 6.07) is 0. The Morgan fingerprint density at radius 1 is 1.75 bits per heavy atom. The zero-order valence-corrected chi connectivity index (χ0v) is 5.31. The minimum Gasteiger partial charge on any atom is -0.411 e. The van der Waals surface area contributed by atoms with Crippen molar-refractivity contribution >= 4 is 5.71 Å². The number of allylic oxidation sites excluding steroid dienone is 1.